The van der Waals surface area contributed by atoms with Gasteiger partial charge in [0.05, 0.1) is 0 Å². The molecule has 0 spiro atoms. The summed E-state index contributed by atoms with van der Waals surface area (Å²) in [6.45, 7) is 7.79. The van der Waals surface area contributed by atoms with Crippen molar-refractivity contribution >= 4 is 5.91 Å². The molecule has 0 aromatic heterocycles. The van der Waals surface area contributed by atoms with Crippen LogP contribution in [0.15, 0.2) is 0 Å². The van der Waals surface area contributed by atoms with Gasteiger partial charge in [-0.3, -0.25) is 4.79 Å². The third kappa shape index (κ3) is 2.98. The van der Waals surface area contributed by atoms with Crippen LogP contribution in [0.25, 0.3) is 0 Å². The van der Waals surface area contributed by atoms with Gasteiger partial charge in [0.2, 0.25) is 5.91 Å². The fraction of sp³-hybridized carbons (Fsp3) is 0.909. The van der Waals surface area contributed by atoms with Gasteiger partial charge in [0, 0.05) is 25.6 Å². The lowest BCUT2D eigenvalue weighted by molar-refractivity contribution is -0.133. The maximum atomic E-state index is 11.9. The van der Waals surface area contributed by atoms with E-state index in [9.17, 15) is 4.79 Å². The Morgan fingerprint density at radius 2 is 2.14 bits per heavy atom. The Bertz CT molecular complexity index is 208. The summed E-state index contributed by atoms with van der Waals surface area (Å²) in [4.78, 5) is 13.9. The molecule has 0 unspecified atom stereocenters. The van der Waals surface area contributed by atoms with Gasteiger partial charge in [-0.1, -0.05) is 20.8 Å². The highest BCUT2D eigenvalue weighted by Gasteiger charge is 2.29. The fourth-order valence-corrected chi connectivity index (χ4v) is 1.96. The summed E-state index contributed by atoms with van der Waals surface area (Å²) in [5.41, 5.74) is 5.71. The van der Waals surface area contributed by atoms with Crippen molar-refractivity contribution in [3.63, 3.8) is 0 Å². The average Bonchev–Trinajstić information content (AvgIpc) is 2.47. The molecule has 1 fully saturated rings. The Morgan fingerprint density at radius 3 is 2.64 bits per heavy atom. The topological polar surface area (TPSA) is 46.3 Å². The molecule has 1 rings (SSSR count). The number of nitrogens with zero attached hydrogens (tertiary/aromatic N) is 1. The minimum Gasteiger partial charge on any atom is -0.338 e. The number of amides is 1. The van der Waals surface area contributed by atoms with Crippen molar-refractivity contribution in [1.82, 2.24) is 4.90 Å². The number of rotatable bonds is 2. The molecule has 3 nitrogen and oxygen atoms in total. The van der Waals surface area contributed by atoms with E-state index in [4.69, 9.17) is 5.73 Å². The normalized spacial score (nSPS) is 22.9. The summed E-state index contributed by atoms with van der Waals surface area (Å²) >= 11 is 0. The van der Waals surface area contributed by atoms with Gasteiger partial charge in [-0.05, 0) is 18.3 Å². The van der Waals surface area contributed by atoms with Crippen LogP contribution in [0.3, 0.4) is 0 Å². The molecule has 1 saturated heterocycles. The second kappa shape index (κ2) is 4.30. The molecule has 3 heteroatoms. The van der Waals surface area contributed by atoms with Crippen LogP contribution >= 0.6 is 0 Å². The Hall–Kier alpha value is -0.570. The first kappa shape index (κ1) is 11.5. The molecule has 1 amide bonds. The lowest BCUT2D eigenvalue weighted by Gasteiger charge is -2.27. The van der Waals surface area contributed by atoms with E-state index in [0.717, 1.165) is 19.4 Å². The molecule has 0 aromatic carbocycles. The summed E-state index contributed by atoms with van der Waals surface area (Å²) in [5, 5.41) is 0. The molecule has 0 radical (unpaired) electrons. The molecular weight excluding hydrogens is 176 g/mol. The Morgan fingerprint density at radius 1 is 1.50 bits per heavy atom. The molecule has 1 heterocycles. The molecule has 82 valence electrons. The van der Waals surface area contributed by atoms with E-state index < -0.39 is 0 Å². The zero-order valence-corrected chi connectivity index (χ0v) is 9.55. The molecule has 0 saturated carbocycles. The Labute approximate surface area is 86.6 Å². The van der Waals surface area contributed by atoms with Crippen LogP contribution in [0.4, 0.5) is 0 Å². The smallest absolute Gasteiger partial charge is 0.223 e. The van der Waals surface area contributed by atoms with Gasteiger partial charge < -0.3 is 10.6 Å². The highest BCUT2D eigenvalue weighted by atomic mass is 16.2. The van der Waals surface area contributed by atoms with Crippen molar-refractivity contribution in [3.8, 4) is 0 Å². The highest BCUT2D eigenvalue weighted by Crippen LogP contribution is 2.24. The van der Waals surface area contributed by atoms with Gasteiger partial charge in [-0.2, -0.15) is 0 Å². The maximum absolute atomic E-state index is 11.9. The SMILES string of the molecule is CC(C)(C)CC(=O)N1CCC[C@H]1CN. The van der Waals surface area contributed by atoms with E-state index in [1.807, 2.05) is 4.90 Å². The van der Waals surface area contributed by atoms with Crippen molar-refractivity contribution in [2.75, 3.05) is 13.1 Å². The lowest BCUT2D eigenvalue weighted by atomic mass is 9.91. The van der Waals surface area contributed by atoms with E-state index in [-0.39, 0.29) is 11.3 Å². The zero-order chi connectivity index (χ0) is 10.8. The number of hydrogen-bond donors (Lipinski definition) is 1. The van der Waals surface area contributed by atoms with Crippen LogP contribution in [0, 0.1) is 5.41 Å². The molecule has 1 atom stereocenters. The first-order valence-electron chi connectivity index (χ1n) is 5.43. The molecule has 1 aliphatic heterocycles. The summed E-state index contributed by atoms with van der Waals surface area (Å²) < 4.78 is 0. The minimum absolute atomic E-state index is 0.0822. The Balaban J connectivity index is 2.52. The number of nitrogens with two attached hydrogens (primary N) is 1. The standard InChI is InChI=1S/C11H22N2O/c1-11(2,3)7-10(14)13-6-4-5-9(13)8-12/h9H,4-8,12H2,1-3H3/t9-/m0/s1. The second-order valence-electron chi connectivity index (χ2n) is 5.36. The first-order chi connectivity index (χ1) is 6.44. The summed E-state index contributed by atoms with van der Waals surface area (Å²) in [6, 6.07) is 0.296. The number of hydrogen-bond acceptors (Lipinski definition) is 2. The van der Waals surface area contributed by atoms with Crippen LogP contribution in [-0.4, -0.2) is 29.9 Å². The van der Waals surface area contributed by atoms with Crippen LogP contribution in [0.2, 0.25) is 0 Å². The van der Waals surface area contributed by atoms with Crippen molar-refractivity contribution < 1.29 is 4.79 Å². The molecule has 0 bridgehead atoms. The molecule has 0 aliphatic carbocycles. The summed E-state index contributed by atoms with van der Waals surface area (Å²) in [6.07, 6.45) is 2.81. The van der Waals surface area contributed by atoms with Gasteiger partial charge >= 0.3 is 0 Å². The van der Waals surface area contributed by atoms with Gasteiger partial charge in [0.15, 0.2) is 0 Å². The molecule has 0 aromatic rings. The quantitative estimate of drug-likeness (QED) is 0.728. The lowest BCUT2D eigenvalue weighted by Crippen LogP contribution is -2.41. The van der Waals surface area contributed by atoms with Gasteiger partial charge in [0.1, 0.15) is 0 Å². The van der Waals surface area contributed by atoms with E-state index in [2.05, 4.69) is 20.8 Å². The minimum atomic E-state index is 0.0822. The average molecular weight is 198 g/mol. The van der Waals surface area contributed by atoms with E-state index >= 15 is 0 Å². The van der Waals surface area contributed by atoms with Crippen LogP contribution < -0.4 is 5.73 Å². The van der Waals surface area contributed by atoms with E-state index in [1.165, 1.54) is 0 Å². The predicted octanol–water partition coefficient (Wildman–Crippen LogP) is 1.37. The number of carbonyl (C=O) groups excluding carboxylic acids is 1. The van der Waals surface area contributed by atoms with Crippen LogP contribution in [-0.2, 0) is 4.79 Å². The van der Waals surface area contributed by atoms with E-state index in [1.54, 1.807) is 0 Å². The first-order valence-corrected chi connectivity index (χ1v) is 5.43. The number of carbonyl (C=O) groups is 1. The van der Waals surface area contributed by atoms with Gasteiger partial charge in [-0.15, -0.1) is 0 Å². The predicted molar refractivity (Wildman–Crippen MR) is 57.9 cm³/mol. The van der Waals surface area contributed by atoms with Crippen molar-refractivity contribution in [2.45, 2.75) is 46.1 Å². The largest absolute Gasteiger partial charge is 0.338 e. The zero-order valence-electron chi connectivity index (χ0n) is 9.55. The molecule has 2 N–H and O–H groups in total. The Kier molecular flexibility index (Phi) is 3.53. The van der Waals surface area contributed by atoms with Crippen molar-refractivity contribution in [3.05, 3.63) is 0 Å². The molecule has 14 heavy (non-hydrogen) atoms. The van der Waals surface area contributed by atoms with E-state index in [0.29, 0.717) is 19.0 Å². The third-order valence-corrected chi connectivity index (χ3v) is 2.65. The fourth-order valence-electron chi connectivity index (χ4n) is 1.96. The second-order valence-corrected chi connectivity index (χ2v) is 5.36. The summed E-state index contributed by atoms with van der Waals surface area (Å²) in [7, 11) is 0. The monoisotopic (exact) mass is 198 g/mol. The third-order valence-electron chi connectivity index (χ3n) is 2.65. The van der Waals surface area contributed by atoms with Crippen molar-refractivity contribution in [2.24, 2.45) is 11.1 Å². The summed E-state index contributed by atoms with van der Waals surface area (Å²) in [5.74, 6) is 0.269. The van der Waals surface area contributed by atoms with Crippen molar-refractivity contribution in [1.29, 1.82) is 0 Å². The van der Waals surface area contributed by atoms with Gasteiger partial charge in [-0.25, -0.2) is 0 Å². The molecular formula is C11H22N2O. The molecule has 1 aliphatic rings. The highest BCUT2D eigenvalue weighted by molar-refractivity contribution is 5.77. The van der Waals surface area contributed by atoms with Gasteiger partial charge in [0.25, 0.3) is 0 Å². The van der Waals surface area contributed by atoms with Crippen LogP contribution in [0.5, 0.6) is 0 Å². The maximum Gasteiger partial charge on any atom is 0.223 e. The van der Waals surface area contributed by atoms with Crippen LogP contribution in [0.1, 0.15) is 40.0 Å². The number of likely N-dealkylation sites (tertiary alicyclic amines) is 1.